The average molecular weight is 292 g/mol. The molecule has 5 nitrogen and oxygen atoms in total. The van der Waals surface area contributed by atoms with Crippen LogP contribution in [0.1, 0.15) is 17.9 Å². The molecule has 0 aromatic heterocycles. The Hall–Kier alpha value is -1.53. The number of amides is 1. The van der Waals surface area contributed by atoms with Crippen LogP contribution in [0, 0.1) is 0 Å². The highest BCUT2D eigenvalue weighted by Crippen LogP contribution is 2.35. The number of anilines is 1. The monoisotopic (exact) mass is 292 g/mol. The zero-order chi connectivity index (χ0) is 14.1. The summed E-state index contributed by atoms with van der Waals surface area (Å²) in [6, 6.07) is 7.16. The molecule has 1 aromatic carbocycles. The van der Waals surface area contributed by atoms with Gasteiger partial charge in [0.25, 0.3) is 0 Å². The Labute approximate surface area is 121 Å². The number of thioether (sulfide) groups is 1. The molecule has 1 fully saturated rings. The van der Waals surface area contributed by atoms with Crippen molar-refractivity contribution in [1.29, 1.82) is 0 Å². The third-order valence-corrected chi connectivity index (χ3v) is 4.76. The van der Waals surface area contributed by atoms with Gasteiger partial charge in [0.2, 0.25) is 5.91 Å². The van der Waals surface area contributed by atoms with Crippen LogP contribution in [0.5, 0.6) is 0 Å². The van der Waals surface area contributed by atoms with E-state index in [1.807, 2.05) is 24.3 Å². The third-order valence-electron chi connectivity index (χ3n) is 3.82. The number of carbonyl (C=O) groups excluding carboxylic acids is 1. The number of hydrogen-bond donors (Lipinski definition) is 2. The normalized spacial score (nSPS) is 25.3. The minimum Gasteiger partial charge on any atom is -0.481 e. The van der Waals surface area contributed by atoms with Gasteiger partial charge in [-0.25, -0.2) is 0 Å². The summed E-state index contributed by atoms with van der Waals surface area (Å²) in [6.07, 6.45) is 0.470. The van der Waals surface area contributed by atoms with Crippen molar-refractivity contribution >= 4 is 29.3 Å². The molecule has 3 rings (SSSR count). The van der Waals surface area contributed by atoms with Gasteiger partial charge >= 0.3 is 5.97 Å². The number of benzene rings is 1. The molecule has 2 atom stereocenters. The number of carbonyl (C=O) groups is 2. The van der Waals surface area contributed by atoms with Crippen molar-refractivity contribution in [3.8, 4) is 0 Å². The Bertz CT molecular complexity index is 543. The van der Waals surface area contributed by atoms with Crippen molar-refractivity contribution < 1.29 is 14.7 Å². The number of nitrogens with one attached hydrogen (secondary N) is 1. The van der Waals surface area contributed by atoms with Crippen LogP contribution in [0.2, 0.25) is 0 Å². The van der Waals surface area contributed by atoms with E-state index in [2.05, 4.69) is 5.32 Å². The Morgan fingerprint density at radius 3 is 2.85 bits per heavy atom. The Kier molecular flexibility index (Phi) is 3.67. The van der Waals surface area contributed by atoms with Gasteiger partial charge in [0.05, 0.1) is 12.0 Å². The topological polar surface area (TPSA) is 69.6 Å². The van der Waals surface area contributed by atoms with Crippen molar-refractivity contribution in [2.24, 2.45) is 0 Å². The molecule has 20 heavy (non-hydrogen) atoms. The van der Waals surface area contributed by atoms with E-state index >= 15 is 0 Å². The van der Waals surface area contributed by atoms with Crippen molar-refractivity contribution in [3.63, 3.8) is 0 Å². The van der Waals surface area contributed by atoms with E-state index < -0.39 is 11.9 Å². The summed E-state index contributed by atoms with van der Waals surface area (Å²) >= 11 is 1.71. The molecule has 2 N–H and O–H groups in total. The van der Waals surface area contributed by atoms with E-state index in [-0.39, 0.29) is 11.9 Å². The number of carboxylic acids is 1. The summed E-state index contributed by atoms with van der Waals surface area (Å²) in [5.74, 6) is 0.287. The van der Waals surface area contributed by atoms with Gasteiger partial charge in [0.15, 0.2) is 0 Å². The number of hydrogen-bond acceptors (Lipinski definition) is 4. The highest BCUT2D eigenvalue weighted by atomic mass is 32.2. The van der Waals surface area contributed by atoms with Crippen molar-refractivity contribution in [2.45, 2.75) is 18.4 Å². The van der Waals surface area contributed by atoms with E-state index in [9.17, 15) is 14.7 Å². The Morgan fingerprint density at radius 1 is 1.35 bits per heavy atom. The minimum absolute atomic E-state index is 0.0475. The maximum absolute atomic E-state index is 12.5. The van der Waals surface area contributed by atoms with E-state index in [1.54, 1.807) is 16.7 Å². The van der Waals surface area contributed by atoms with Gasteiger partial charge in [0, 0.05) is 23.9 Å². The molecule has 1 amide bonds. The van der Waals surface area contributed by atoms with E-state index in [0.717, 1.165) is 22.9 Å². The zero-order valence-electron chi connectivity index (χ0n) is 10.9. The van der Waals surface area contributed by atoms with Crippen LogP contribution in [0.4, 0.5) is 5.69 Å². The lowest BCUT2D eigenvalue weighted by molar-refractivity contribution is -0.139. The molecule has 0 saturated carbocycles. The highest BCUT2D eigenvalue weighted by Gasteiger charge is 2.35. The van der Waals surface area contributed by atoms with Crippen LogP contribution < -0.4 is 10.2 Å². The maximum Gasteiger partial charge on any atom is 0.311 e. The fourth-order valence-corrected chi connectivity index (χ4v) is 3.72. The van der Waals surface area contributed by atoms with E-state index in [1.165, 1.54) is 0 Å². The van der Waals surface area contributed by atoms with Gasteiger partial charge in [-0.3, -0.25) is 14.9 Å². The van der Waals surface area contributed by atoms with Crippen LogP contribution in [0.3, 0.4) is 0 Å². The first-order chi connectivity index (χ1) is 9.68. The second kappa shape index (κ2) is 5.46. The standard InChI is InChI=1S/C14H16N2O3S/c17-13(11-7-20-8-15-11)16-6-5-10(14(18)19)9-3-1-2-4-12(9)16/h1-4,10-11,15H,5-8H2,(H,18,19). The molecule has 1 aromatic rings. The Balaban J connectivity index is 1.92. The number of fused-ring (bicyclic) bond motifs is 1. The molecule has 1 saturated heterocycles. The maximum atomic E-state index is 12.5. The van der Waals surface area contributed by atoms with Crippen LogP contribution in [0.25, 0.3) is 0 Å². The molecule has 0 spiro atoms. The fourth-order valence-electron chi connectivity index (χ4n) is 2.79. The first-order valence-corrected chi connectivity index (χ1v) is 7.78. The minimum atomic E-state index is -0.820. The van der Waals surface area contributed by atoms with Gasteiger partial charge < -0.3 is 10.0 Å². The molecule has 2 unspecified atom stereocenters. The highest BCUT2D eigenvalue weighted by molar-refractivity contribution is 7.99. The molecule has 0 radical (unpaired) electrons. The number of para-hydroxylation sites is 1. The molecular formula is C14H16N2O3S. The van der Waals surface area contributed by atoms with Crippen LogP contribution in [0.15, 0.2) is 24.3 Å². The molecular weight excluding hydrogens is 276 g/mol. The quantitative estimate of drug-likeness (QED) is 0.858. The summed E-state index contributed by atoms with van der Waals surface area (Å²) in [6.45, 7) is 0.468. The summed E-state index contributed by atoms with van der Waals surface area (Å²) in [5, 5.41) is 12.5. The largest absolute Gasteiger partial charge is 0.481 e. The molecule has 106 valence electrons. The molecule has 2 aliphatic rings. The first kappa shape index (κ1) is 13.5. The average Bonchev–Trinajstić information content (AvgIpc) is 2.99. The number of carboxylic acid groups (broad SMARTS) is 1. The molecule has 2 aliphatic heterocycles. The van der Waals surface area contributed by atoms with Gasteiger partial charge in [-0.2, -0.15) is 0 Å². The molecule has 0 aliphatic carbocycles. The first-order valence-electron chi connectivity index (χ1n) is 6.62. The number of nitrogens with zero attached hydrogens (tertiary/aromatic N) is 1. The van der Waals surface area contributed by atoms with Gasteiger partial charge in [0.1, 0.15) is 0 Å². The Morgan fingerprint density at radius 2 is 2.15 bits per heavy atom. The second-order valence-electron chi connectivity index (χ2n) is 5.00. The molecule has 6 heteroatoms. The molecule has 2 heterocycles. The molecule has 0 bridgehead atoms. The summed E-state index contributed by atoms with van der Waals surface area (Å²) in [4.78, 5) is 25.6. The third kappa shape index (κ3) is 2.29. The van der Waals surface area contributed by atoms with Crippen LogP contribution >= 0.6 is 11.8 Å². The van der Waals surface area contributed by atoms with Crippen LogP contribution in [-0.2, 0) is 9.59 Å². The predicted molar refractivity (Wildman–Crippen MR) is 78.0 cm³/mol. The lowest BCUT2D eigenvalue weighted by Gasteiger charge is -2.34. The van der Waals surface area contributed by atoms with Gasteiger partial charge in [-0.15, -0.1) is 11.8 Å². The van der Waals surface area contributed by atoms with Crippen molar-refractivity contribution in [2.75, 3.05) is 23.1 Å². The SMILES string of the molecule is O=C(O)C1CCN(C(=O)C2CSCN2)c2ccccc21. The van der Waals surface area contributed by atoms with Crippen molar-refractivity contribution in [3.05, 3.63) is 29.8 Å². The van der Waals surface area contributed by atoms with Crippen LogP contribution in [-0.4, -0.2) is 41.2 Å². The lowest BCUT2D eigenvalue weighted by Crippen LogP contribution is -2.47. The fraction of sp³-hybridized carbons (Fsp3) is 0.429. The number of aliphatic carboxylic acids is 1. The summed E-state index contributed by atoms with van der Waals surface area (Å²) in [5.41, 5.74) is 1.49. The number of rotatable bonds is 2. The van der Waals surface area contributed by atoms with Crippen molar-refractivity contribution in [1.82, 2.24) is 5.32 Å². The lowest BCUT2D eigenvalue weighted by atomic mass is 9.89. The summed E-state index contributed by atoms with van der Waals surface area (Å²) in [7, 11) is 0. The zero-order valence-corrected chi connectivity index (χ0v) is 11.7. The van der Waals surface area contributed by atoms with E-state index in [4.69, 9.17) is 0 Å². The van der Waals surface area contributed by atoms with E-state index in [0.29, 0.717) is 13.0 Å². The smallest absolute Gasteiger partial charge is 0.311 e. The summed E-state index contributed by atoms with van der Waals surface area (Å²) < 4.78 is 0. The predicted octanol–water partition coefficient (Wildman–Crippen LogP) is 1.25. The van der Waals surface area contributed by atoms with Gasteiger partial charge in [-0.05, 0) is 18.1 Å². The van der Waals surface area contributed by atoms with Gasteiger partial charge in [-0.1, -0.05) is 18.2 Å². The second-order valence-corrected chi connectivity index (χ2v) is 6.03.